The second kappa shape index (κ2) is 7.66. The maximum atomic E-state index is 13.8. The number of H-pyrrole nitrogens is 1. The lowest BCUT2D eigenvalue weighted by molar-refractivity contribution is -0.137. The number of methoxy groups -OCH3 is 1. The summed E-state index contributed by atoms with van der Waals surface area (Å²) in [5, 5.41) is 13.4. The number of alkyl halides is 3. The molecule has 0 saturated heterocycles. The largest absolute Gasteiger partial charge is 0.495 e. The van der Waals surface area contributed by atoms with Crippen LogP contribution in [0.5, 0.6) is 5.75 Å². The minimum Gasteiger partial charge on any atom is -0.495 e. The average Bonchev–Trinajstić information content (AvgIpc) is 3.04. The average molecular weight is 463 g/mol. The van der Waals surface area contributed by atoms with Gasteiger partial charge in [0.2, 0.25) is 21.9 Å². The molecule has 0 saturated carbocycles. The van der Waals surface area contributed by atoms with Crippen LogP contribution in [0.2, 0.25) is 5.02 Å². The van der Waals surface area contributed by atoms with Gasteiger partial charge in [-0.3, -0.25) is 0 Å². The molecule has 0 amide bonds. The van der Waals surface area contributed by atoms with Gasteiger partial charge in [0, 0.05) is 11.3 Å². The van der Waals surface area contributed by atoms with Crippen LogP contribution in [0.25, 0.3) is 11.1 Å². The molecule has 1 aromatic heterocycles. The maximum absolute atomic E-state index is 13.8. The fourth-order valence-corrected chi connectivity index (χ4v) is 3.76. The number of anilines is 3. The van der Waals surface area contributed by atoms with Crippen molar-refractivity contribution in [1.29, 1.82) is 0 Å². The Labute approximate surface area is 173 Å². The van der Waals surface area contributed by atoms with Crippen molar-refractivity contribution in [2.45, 2.75) is 11.1 Å². The van der Waals surface area contributed by atoms with Crippen molar-refractivity contribution in [2.24, 2.45) is 5.14 Å². The van der Waals surface area contributed by atoms with Crippen molar-refractivity contribution in [3.63, 3.8) is 0 Å². The Hall–Kier alpha value is -3.03. The summed E-state index contributed by atoms with van der Waals surface area (Å²) in [5.74, 6) is -0.221. The molecule has 0 aliphatic rings. The number of nitrogens with zero attached hydrogens (tertiary/aromatic N) is 2. The van der Waals surface area contributed by atoms with E-state index in [1.54, 1.807) is 0 Å². The number of benzene rings is 2. The van der Waals surface area contributed by atoms with Gasteiger partial charge in [-0.2, -0.15) is 18.2 Å². The fourth-order valence-electron chi connectivity index (χ4n) is 2.71. The molecule has 3 aromatic rings. The molecule has 3 rings (SSSR count). The summed E-state index contributed by atoms with van der Waals surface area (Å²) in [4.78, 5) is 3.27. The van der Waals surface area contributed by atoms with Crippen LogP contribution in [0.3, 0.4) is 0 Å². The lowest BCUT2D eigenvalue weighted by Gasteiger charge is -2.18. The normalized spacial score (nSPS) is 12.1. The Bertz CT molecular complexity index is 1210. The highest BCUT2D eigenvalue weighted by Crippen LogP contribution is 2.44. The molecular formula is C16H14ClF3N6O3S. The van der Waals surface area contributed by atoms with Crippen molar-refractivity contribution < 1.29 is 26.3 Å². The molecule has 0 unspecified atom stereocenters. The zero-order chi connectivity index (χ0) is 22.3. The smallest absolute Gasteiger partial charge is 0.417 e. The second-order valence-electron chi connectivity index (χ2n) is 5.96. The van der Waals surface area contributed by atoms with Crippen LogP contribution in [0.15, 0.2) is 35.2 Å². The summed E-state index contributed by atoms with van der Waals surface area (Å²) in [6.07, 6.45) is -4.82. The molecule has 0 radical (unpaired) electrons. The molecule has 6 N–H and O–H groups in total. The van der Waals surface area contributed by atoms with Crippen molar-refractivity contribution >= 4 is 39.2 Å². The quantitative estimate of drug-likeness (QED) is 0.455. The molecule has 0 fully saturated rings. The van der Waals surface area contributed by atoms with Gasteiger partial charge in [-0.1, -0.05) is 17.7 Å². The topological polar surface area (TPSA) is 149 Å². The van der Waals surface area contributed by atoms with Gasteiger partial charge in [0.1, 0.15) is 10.6 Å². The highest BCUT2D eigenvalue weighted by Gasteiger charge is 2.36. The van der Waals surface area contributed by atoms with Crippen LogP contribution in [-0.4, -0.2) is 30.7 Å². The number of aromatic nitrogens is 3. The number of ether oxygens (including phenoxy) is 1. The van der Waals surface area contributed by atoms with Crippen LogP contribution in [0, 0.1) is 0 Å². The first-order valence-corrected chi connectivity index (χ1v) is 9.89. The van der Waals surface area contributed by atoms with Gasteiger partial charge in [-0.15, -0.1) is 5.10 Å². The number of nitrogen functional groups attached to an aromatic ring is 1. The van der Waals surface area contributed by atoms with E-state index >= 15 is 0 Å². The molecule has 14 heteroatoms. The summed E-state index contributed by atoms with van der Waals surface area (Å²) >= 11 is 6.16. The number of rotatable bonds is 5. The molecule has 2 aromatic carbocycles. The molecule has 0 bridgehead atoms. The third-order valence-corrected chi connectivity index (χ3v) is 5.14. The SMILES string of the molecule is COc1ccc(-c2c(Cl)cc(Nc3n[nH]c(N)n3)cc2C(F)(F)F)cc1S(N)(=O)=O. The van der Waals surface area contributed by atoms with Gasteiger partial charge in [0.05, 0.1) is 17.7 Å². The van der Waals surface area contributed by atoms with Crippen LogP contribution in [-0.2, 0) is 16.2 Å². The molecule has 0 atom stereocenters. The standard InChI is InChI=1S/C16H14ClF3N6O3S/c1-29-11-3-2-7(4-12(11)30(22,27)28)13-9(16(18,19)20)5-8(6-10(13)17)23-15-24-14(21)25-26-15/h2-6H,1H3,(H2,22,27,28)(H4,21,23,24,25,26). The molecule has 0 aliphatic carbocycles. The van der Waals surface area contributed by atoms with Crippen LogP contribution < -0.4 is 20.9 Å². The van der Waals surface area contributed by atoms with Crippen LogP contribution >= 0.6 is 11.6 Å². The number of primary sulfonamides is 1. The van der Waals surface area contributed by atoms with E-state index in [-0.39, 0.29) is 33.9 Å². The molecule has 30 heavy (non-hydrogen) atoms. The molecular weight excluding hydrogens is 449 g/mol. The molecule has 9 nitrogen and oxygen atoms in total. The number of hydrogen-bond donors (Lipinski definition) is 4. The maximum Gasteiger partial charge on any atom is 0.417 e. The number of nitrogens with two attached hydrogens (primary N) is 2. The van der Waals surface area contributed by atoms with Gasteiger partial charge >= 0.3 is 6.18 Å². The zero-order valence-electron chi connectivity index (χ0n) is 15.1. The highest BCUT2D eigenvalue weighted by atomic mass is 35.5. The van der Waals surface area contributed by atoms with E-state index in [0.29, 0.717) is 0 Å². The molecule has 1 heterocycles. The summed E-state index contributed by atoms with van der Waals surface area (Å²) < 4.78 is 70.0. The fraction of sp³-hybridized carbons (Fsp3) is 0.125. The van der Waals surface area contributed by atoms with Gasteiger partial charge in [-0.25, -0.2) is 18.7 Å². The van der Waals surface area contributed by atoms with Gasteiger partial charge < -0.3 is 15.8 Å². The number of nitrogens with one attached hydrogen (secondary N) is 2. The predicted molar refractivity (Wildman–Crippen MR) is 104 cm³/mol. The van der Waals surface area contributed by atoms with Crippen LogP contribution in [0.1, 0.15) is 5.56 Å². The molecule has 0 aliphatic heterocycles. The number of hydrogen-bond acceptors (Lipinski definition) is 7. The third kappa shape index (κ3) is 4.42. The highest BCUT2D eigenvalue weighted by molar-refractivity contribution is 7.89. The van der Waals surface area contributed by atoms with E-state index in [1.807, 2.05) is 0 Å². The van der Waals surface area contributed by atoms with E-state index in [0.717, 1.165) is 12.1 Å². The number of sulfonamides is 1. The van der Waals surface area contributed by atoms with Crippen molar-refractivity contribution in [3.05, 3.63) is 40.9 Å². The Morgan fingerprint density at radius 3 is 2.47 bits per heavy atom. The van der Waals surface area contributed by atoms with Crippen molar-refractivity contribution in [3.8, 4) is 16.9 Å². The van der Waals surface area contributed by atoms with E-state index in [1.165, 1.54) is 25.3 Å². The van der Waals surface area contributed by atoms with E-state index < -0.39 is 32.2 Å². The van der Waals surface area contributed by atoms with Crippen molar-refractivity contribution in [2.75, 3.05) is 18.2 Å². The Balaban J connectivity index is 2.20. The van der Waals surface area contributed by atoms with Gasteiger partial charge in [0.15, 0.2) is 0 Å². The summed E-state index contributed by atoms with van der Waals surface area (Å²) in [6.45, 7) is 0. The Morgan fingerprint density at radius 1 is 1.23 bits per heavy atom. The summed E-state index contributed by atoms with van der Waals surface area (Å²) in [5.41, 5.74) is 3.66. The zero-order valence-corrected chi connectivity index (χ0v) is 16.7. The molecule has 0 spiro atoms. The van der Waals surface area contributed by atoms with Gasteiger partial charge in [0.25, 0.3) is 0 Å². The predicted octanol–water partition coefficient (Wildman–Crippen LogP) is 3.13. The number of aromatic amines is 1. The second-order valence-corrected chi connectivity index (χ2v) is 7.90. The first-order valence-electron chi connectivity index (χ1n) is 7.97. The van der Waals surface area contributed by atoms with Crippen molar-refractivity contribution in [1.82, 2.24) is 15.2 Å². The Morgan fingerprint density at radius 2 is 1.93 bits per heavy atom. The van der Waals surface area contributed by atoms with E-state index in [4.69, 9.17) is 27.2 Å². The third-order valence-electron chi connectivity index (χ3n) is 3.91. The van der Waals surface area contributed by atoms with E-state index in [2.05, 4.69) is 20.5 Å². The lowest BCUT2D eigenvalue weighted by Crippen LogP contribution is -2.14. The number of halogens is 4. The first kappa shape index (κ1) is 21.7. The summed E-state index contributed by atoms with van der Waals surface area (Å²) in [6, 6.07) is 5.39. The minimum atomic E-state index is -4.82. The lowest BCUT2D eigenvalue weighted by atomic mass is 9.98. The van der Waals surface area contributed by atoms with Gasteiger partial charge in [-0.05, 0) is 29.8 Å². The Kier molecular flexibility index (Phi) is 5.54. The summed E-state index contributed by atoms with van der Waals surface area (Å²) in [7, 11) is -3.07. The molecule has 160 valence electrons. The first-order chi connectivity index (χ1) is 13.9. The monoisotopic (exact) mass is 462 g/mol. The van der Waals surface area contributed by atoms with E-state index in [9.17, 15) is 21.6 Å². The van der Waals surface area contributed by atoms with Crippen LogP contribution in [0.4, 0.5) is 30.8 Å². The minimum absolute atomic E-state index is 0.0370.